The van der Waals surface area contributed by atoms with Crippen molar-refractivity contribution in [3.05, 3.63) is 12.2 Å². The first-order chi connectivity index (χ1) is 8.09. The Morgan fingerprint density at radius 2 is 2.41 bits per heavy atom. The fourth-order valence-corrected chi connectivity index (χ4v) is 2.59. The second-order valence-electron chi connectivity index (χ2n) is 5.44. The summed E-state index contributed by atoms with van der Waals surface area (Å²) in [4.78, 5) is 16.1. The van der Waals surface area contributed by atoms with Gasteiger partial charge in [0.1, 0.15) is 12.2 Å². The maximum absolute atomic E-state index is 12.1. The molecule has 5 nitrogen and oxygen atoms in total. The third kappa shape index (κ3) is 2.84. The van der Waals surface area contributed by atoms with E-state index in [2.05, 4.69) is 34.3 Å². The van der Waals surface area contributed by atoms with Crippen LogP contribution in [0.2, 0.25) is 0 Å². The van der Waals surface area contributed by atoms with Crippen molar-refractivity contribution in [1.82, 2.24) is 20.5 Å². The number of amides is 1. The number of nitrogens with zero attached hydrogens (tertiary/aromatic N) is 2. The molecule has 0 aromatic carbocycles. The van der Waals surface area contributed by atoms with Crippen molar-refractivity contribution < 1.29 is 4.79 Å². The van der Waals surface area contributed by atoms with Gasteiger partial charge in [0.25, 0.3) is 0 Å². The van der Waals surface area contributed by atoms with E-state index < -0.39 is 0 Å². The molecular weight excluding hydrogens is 216 g/mol. The maximum Gasteiger partial charge on any atom is 0.224 e. The van der Waals surface area contributed by atoms with E-state index in [1.54, 1.807) is 0 Å². The highest BCUT2D eigenvalue weighted by atomic mass is 16.1. The van der Waals surface area contributed by atoms with Crippen LogP contribution in [0.4, 0.5) is 0 Å². The molecule has 0 bridgehead atoms. The van der Waals surface area contributed by atoms with E-state index in [1.807, 2.05) is 0 Å². The molecule has 1 saturated carbocycles. The molecule has 1 heterocycles. The molecule has 94 valence electrons. The monoisotopic (exact) mass is 236 g/mol. The molecule has 17 heavy (non-hydrogen) atoms. The van der Waals surface area contributed by atoms with Crippen LogP contribution in [0.1, 0.15) is 45.4 Å². The van der Waals surface area contributed by atoms with E-state index >= 15 is 0 Å². The molecule has 5 heteroatoms. The van der Waals surface area contributed by atoms with Crippen molar-refractivity contribution in [2.75, 3.05) is 0 Å². The van der Waals surface area contributed by atoms with Crippen LogP contribution < -0.4 is 5.32 Å². The quantitative estimate of drug-likeness (QED) is 0.838. The zero-order chi connectivity index (χ0) is 12.3. The number of nitrogens with one attached hydrogen (secondary N) is 2. The van der Waals surface area contributed by atoms with Crippen molar-refractivity contribution >= 4 is 5.91 Å². The molecule has 2 N–H and O–H groups in total. The molecule has 1 aromatic rings. The summed E-state index contributed by atoms with van der Waals surface area (Å²) in [6.45, 7) is 4.81. The Morgan fingerprint density at radius 3 is 3.06 bits per heavy atom. The van der Waals surface area contributed by atoms with Gasteiger partial charge in [-0.25, -0.2) is 4.98 Å². The Balaban J connectivity index is 1.90. The average Bonchev–Trinajstić information content (AvgIpc) is 2.78. The fourth-order valence-electron chi connectivity index (χ4n) is 2.59. The number of H-pyrrole nitrogens is 1. The number of hydrogen-bond donors (Lipinski definition) is 2. The molecule has 2 rings (SSSR count). The number of aromatic nitrogens is 3. The molecule has 1 aliphatic rings. The van der Waals surface area contributed by atoms with Gasteiger partial charge in [-0.15, -0.1) is 0 Å². The topological polar surface area (TPSA) is 70.7 Å². The smallest absolute Gasteiger partial charge is 0.224 e. The normalized spacial score (nSPS) is 23.3. The average molecular weight is 236 g/mol. The lowest BCUT2D eigenvalue weighted by Crippen LogP contribution is -2.40. The van der Waals surface area contributed by atoms with Crippen LogP contribution in [0.5, 0.6) is 0 Å². The van der Waals surface area contributed by atoms with Crippen molar-refractivity contribution in [3.8, 4) is 0 Å². The fraction of sp³-hybridized carbons (Fsp3) is 0.750. The largest absolute Gasteiger partial charge is 0.349 e. The van der Waals surface area contributed by atoms with Crippen LogP contribution in [0.3, 0.4) is 0 Å². The molecule has 0 aliphatic heterocycles. The Bertz CT molecular complexity index is 372. The van der Waals surface area contributed by atoms with E-state index in [4.69, 9.17) is 0 Å². The number of aromatic amines is 1. The van der Waals surface area contributed by atoms with Gasteiger partial charge in [0, 0.05) is 5.92 Å². The number of carbonyl (C=O) groups is 1. The van der Waals surface area contributed by atoms with Crippen LogP contribution in [0.25, 0.3) is 0 Å². The van der Waals surface area contributed by atoms with Gasteiger partial charge in [-0.1, -0.05) is 26.7 Å². The summed E-state index contributed by atoms with van der Waals surface area (Å²) in [5, 5.41) is 9.43. The van der Waals surface area contributed by atoms with Gasteiger partial charge in [-0.2, -0.15) is 5.10 Å². The van der Waals surface area contributed by atoms with E-state index in [0.29, 0.717) is 12.4 Å². The lowest BCUT2D eigenvalue weighted by atomic mass is 9.68. The van der Waals surface area contributed by atoms with Crippen LogP contribution in [0, 0.1) is 11.3 Å². The predicted molar refractivity (Wildman–Crippen MR) is 64.0 cm³/mol. The van der Waals surface area contributed by atoms with E-state index in [-0.39, 0.29) is 17.2 Å². The lowest BCUT2D eigenvalue weighted by Gasteiger charge is -2.37. The standard InChI is InChI=1S/C12H20N4O/c1-12(2)6-4-3-5-9(12)11(17)13-7-10-14-8-15-16-10/h8-9H,3-7H2,1-2H3,(H,13,17)(H,14,15,16). The van der Waals surface area contributed by atoms with Crippen LogP contribution in [-0.4, -0.2) is 21.1 Å². The van der Waals surface area contributed by atoms with Gasteiger partial charge in [0.2, 0.25) is 5.91 Å². The second-order valence-corrected chi connectivity index (χ2v) is 5.44. The first-order valence-electron chi connectivity index (χ1n) is 6.21. The molecular formula is C12H20N4O. The zero-order valence-electron chi connectivity index (χ0n) is 10.5. The SMILES string of the molecule is CC1(C)CCCCC1C(=O)NCc1ncn[nH]1. The first-order valence-corrected chi connectivity index (χ1v) is 6.21. The van der Waals surface area contributed by atoms with Crippen LogP contribution >= 0.6 is 0 Å². The minimum atomic E-state index is 0.115. The minimum absolute atomic E-state index is 0.115. The number of rotatable bonds is 3. The van der Waals surface area contributed by atoms with E-state index in [9.17, 15) is 4.79 Å². The molecule has 1 unspecified atom stereocenters. The van der Waals surface area contributed by atoms with Crippen molar-refractivity contribution in [2.45, 2.75) is 46.1 Å². The van der Waals surface area contributed by atoms with Gasteiger partial charge in [0.15, 0.2) is 0 Å². The molecule has 1 aromatic heterocycles. The van der Waals surface area contributed by atoms with Gasteiger partial charge in [0.05, 0.1) is 6.54 Å². The third-order valence-corrected chi connectivity index (χ3v) is 3.72. The Hall–Kier alpha value is -1.39. The highest BCUT2D eigenvalue weighted by Gasteiger charge is 2.36. The van der Waals surface area contributed by atoms with Crippen molar-refractivity contribution in [3.63, 3.8) is 0 Å². The molecule has 0 spiro atoms. The second kappa shape index (κ2) is 4.85. The van der Waals surface area contributed by atoms with Crippen LogP contribution in [0.15, 0.2) is 6.33 Å². The van der Waals surface area contributed by atoms with Crippen molar-refractivity contribution in [1.29, 1.82) is 0 Å². The molecule has 1 atom stereocenters. The van der Waals surface area contributed by atoms with E-state index in [1.165, 1.54) is 12.7 Å². The molecule has 1 fully saturated rings. The highest BCUT2D eigenvalue weighted by Crippen LogP contribution is 2.40. The summed E-state index contributed by atoms with van der Waals surface area (Å²) >= 11 is 0. The molecule has 1 aliphatic carbocycles. The Kier molecular flexibility index (Phi) is 3.45. The highest BCUT2D eigenvalue weighted by molar-refractivity contribution is 5.79. The molecule has 0 saturated heterocycles. The maximum atomic E-state index is 12.1. The summed E-state index contributed by atoms with van der Waals surface area (Å²) in [5.41, 5.74) is 0.115. The summed E-state index contributed by atoms with van der Waals surface area (Å²) in [5.74, 6) is 0.970. The third-order valence-electron chi connectivity index (χ3n) is 3.72. The lowest BCUT2D eigenvalue weighted by molar-refractivity contribution is -0.130. The summed E-state index contributed by atoms with van der Waals surface area (Å²) in [7, 11) is 0. The van der Waals surface area contributed by atoms with Gasteiger partial charge in [-0.05, 0) is 18.3 Å². The van der Waals surface area contributed by atoms with Gasteiger partial charge >= 0.3 is 0 Å². The number of carbonyl (C=O) groups excluding carboxylic acids is 1. The number of hydrogen-bond acceptors (Lipinski definition) is 3. The van der Waals surface area contributed by atoms with Gasteiger partial charge < -0.3 is 5.32 Å². The Labute approximate surface area is 101 Å². The predicted octanol–water partition coefficient (Wildman–Crippen LogP) is 1.64. The summed E-state index contributed by atoms with van der Waals surface area (Å²) in [6.07, 6.45) is 5.97. The Morgan fingerprint density at radius 1 is 1.59 bits per heavy atom. The minimum Gasteiger partial charge on any atom is -0.349 e. The van der Waals surface area contributed by atoms with Crippen LogP contribution in [-0.2, 0) is 11.3 Å². The summed E-state index contributed by atoms with van der Waals surface area (Å²) < 4.78 is 0. The zero-order valence-corrected chi connectivity index (χ0v) is 10.5. The van der Waals surface area contributed by atoms with Gasteiger partial charge in [-0.3, -0.25) is 9.89 Å². The van der Waals surface area contributed by atoms with Crippen molar-refractivity contribution in [2.24, 2.45) is 11.3 Å². The molecule has 0 radical (unpaired) electrons. The van der Waals surface area contributed by atoms with E-state index in [0.717, 1.165) is 19.3 Å². The first kappa shape index (κ1) is 12.1. The molecule has 1 amide bonds. The summed E-state index contributed by atoms with van der Waals surface area (Å²) in [6, 6.07) is 0.